The smallest absolute Gasteiger partial charge is 0.337 e. The molecule has 0 unspecified atom stereocenters. The van der Waals surface area contributed by atoms with Gasteiger partial charge in [0.25, 0.3) is 0 Å². The molecule has 0 saturated carbocycles. The maximum atomic E-state index is 11.5. The van der Waals surface area contributed by atoms with Crippen molar-refractivity contribution in [1.82, 2.24) is 20.3 Å². The molecule has 2 heterocycles. The molecule has 1 saturated heterocycles. The van der Waals surface area contributed by atoms with Gasteiger partial charge in [-0.1, -0.05) is 0 Å². The average Bonchev–Trinajstić information content (AvgIpc) is 2.90. The van der Waals surface area contributed by atoms with Crippen LogP contribution < -0.4 is 5.32 Å². The minimum absolute atomic E-state index is 0.343. The summed E-state index contributed by atoms with van der Waals surface area (Å²) >= 11 is 0. The molecule has 0 bridgehead atoms. The maximum absolute atomic E-state index is 11.5. The van der Waals surface area contributed by atoms with E-state index in [0.717, 1.165) is 37.0 Å². The standard InChI is InChI=1S/C13H16N4O2/c1-19-13(18)9-2-3-11-12(8-9)16-17(15-11)10-4-6-14-7-5-10/h2-3,8,10,14H,4-7H2,1H3. The molecule has 3 rings (SSSR count). The summed E-state index contributed by atoms with van der Waals surface area (Å²) in [5, 5.41) is 12.3. The van der Waals surface area contributed by atoms with Crippen LogP contribution in [0, 0.1) is 0 Å². The number of nitrogens with zero attached hydrogens (tertiary/aromatic N) is 3. The number of aromatic nitrogens is 3. The predicted octanol–water partition coefficient (Wildman–Crippen LogP) is 1.14. The molecule has 0 aliphatic carbocycles. The SMILES string of the molecule is COC(=O)c1ccc2nn(C3CCNCC3)nc2c1. The lowest BCUT2D eigenvalue weighted by molar-refractivity contribution is 0.0601. The summed E-state index contributed by atoms with van der Waals surface area (Å²) in [7, 11) is 1.37. The van der Waals surface area contributed by atoms with Crippen molar-refractivity contribution in [3.05, 3.63) is 23.8 Å². The lowest BCUT2D eigenvalue weighted by Gasteiger charge is -2.21. The molecular formula is C13H16N4O2. The highest BCUT2D eigenvalue weighted by Gasteiger charge is 2.18. The minimum atomic E-state index is -0.349. The average molecular weight is 260 g/mol. The Kier molecular flexibility index (Phi) is 3.16. The number of piperidine rings is 1. The third-order valence-corrected chi connectivity index (χ3v) is 3.45. The molecule has 6 heteroatoms. The van der Waals surface area contributed by atoms with E-state index in [1.165, 1.54) is 7.11 Å². The topological polar surface area (TPSA) is 69.0 Å². The monoisotopic (exact) mass is 260 g/mol. The Hall–Kier alpha value is -1.95. The molecule has 0 atom stereocenters. The molecule has 1 aliphatic rings. The molecule has 1 fully saturated rings. The van der Waals surface area contributed by atoms with Gasteiger partial charge in [-0.2, -0.15) is 15.0 Å². The number of hydrogen-bond donors (Lipinski definition) is 1. The second kappa shape index (κ2) is 4.97. The second-order valence-electron chi connectivity index (χ2n) is 4.70. The molecule has 1 aromatic heterocycles. The molecule has 1 aliphatic heterocycles. The van der Waals surface area contributed by atoms with Crippen molar-refractivity contribution in [2.24, 2.45) is 0 Å². The fourth-order valence-corrected chi connectivity index (χ4v) is 2.38. The first-order valence-corrected chi connectivity index (χ1v) is 6.43. The van der Waals surface area contributed by atoms with Gasteiger partial charge in [0.2, 0.25) is 0 Å². The summed E-state index contributed by atoms with van der Waals surface area (Å²) in [6.07, 6.45) is 2.07. The summed E-state index contributed by atoms with van der Waals surface area (Å²) in [5.74, 6) is -0.349. The van der Waals surface area contributed by atoms with Gasteiger partial charge in [0.1, 0.15) is 11.0 Å². The summed E-state index contributed by atoms with van der Waals surface area (Å²) in [6.45, 7) is 1.99. The number of rotatable bonds is 2. The zero-order chi connectivity index (χ0) is 13.2. The van der Waals surface area contributed by atoms with Crippen LogP contribution in [-0.2, 0) is 4.74 Å². The Bertz CT molecular complexity index is 602. The van der Waals surface area contributed by atoms with E-state index in [9.17, 15) is 4.79 Å². The Balaban J connectivity index is 1.93. The van der Waals surface area contributed by atoms with Crippen molar-refractivity contribution >= 4 is 17.0 Å². The van der Waals surface area contributed by atoms with E-state index in [2.05, 4.69) is 15.5 Å². The zero-order valence-electron chi connectivity index (χ0n) is 10.8. The summed E-state index contributed by atoms with van der Waals surface area (Å²) < 4.78 is 4.71. The van der Waals surface area contributed by atoms with Gasteiger partial charge < -0.3 is 10.1 Å². The van der Waals surface area contributed by atoms with Crippen LogP contribution in [0.25, 0.3) is 11.0 Å². The number of esters is 1. The van der Waals surface area contributed by atoms with Crippen LogP contribution in [0.1, 0.15) is 29.2 Å². The molecule has 2 aromatic rings. The summed E-state index contributed by atoms with van der Waals surface area (Å²) in [4.78, 5) is 13.3. The van der Waals surface area contributed by atoms with Gasteiger partial charge in [-0.05, 0) is 44.1 Å². The van der Waals surface area contributed by atoms with E-state index in [0.29, 0.717) is 11.6 Å². The Morgan fingerprint density at radius 2 is 2.05 bits per heavy atom. The number of nitrogens with one attached hydrogen (secondary N) is 1. The van der Waals surface area contributed by atoms with Crippen molar-refractivity contribution in [1.29, 1.82) is 0 Å². The van der Waals surface area contributed by atoms with Crippen molar-refractivity contribution in [2.45, 2.75) is 18.9 Å². The van der Waals surface area contributed by atoms with Gasteiger partial charge in [0.05, 0.1) is 18.7 Å². The van der Waals surface area contributed by atoms with Gasteiger partial charge in [-0.25, -0.2) is 4.79 Å². The van der Waals surface area contributed by atoms with Gasteiger partial charge >= 0.3 is 5.97 Å². The van der Waals surface area contributed by atoms with Crippen LogP contribution in [0.2, 0.25) is 0 Å². The number of ether oxygens (including phenoxy) is 1. The fourth-order valence-electron chi connectivity index (χ4n) is 2.38. The maximum Gasteiger partial charge on any atom is 0.337 e. The van der Waals surface area contributed by atoms with Crippen molar-refractivity contribution in [3.8, 4) is 0 Å². The number of hydrogen-bond acceptors (Lipinski definition) is 5. The van der Waals surface area contributed by atoms with Crippen LogP contribution in [0.5, 0.6) is 0 Å². The van der Waals surface area contributed by atoms with E-state index in [-0.39, 0.29) is 5.97 Å². The zero-order valence-corrected chi connectivity index (χ0v) is 10.8. The van der Waals surface area contributed by atoms with Gasteiger partial charge in [0, 0.05) is 0 Å². The van der Waals surface area contributed by atoms with Crippen LogP contribution >= 0.6 is 0 Å². The van der Waals surface area contributed by atoms with E-state index in [1.54, 1.807) is 16.9 Å². The molecule has 6 nitrogen and oxygen atoms in total. The first-order valence-electron chi connectivity index (χ1n) is 6.43. The van der Waals surface area contributed by atoms with E-state index in [4.69, 9.17) is 4.74 Å². The van der Waals surface area contributed by atoms with Crippen molar-refractivity contribution < 1.29 is 9.53 Å². The molecular weight excluding hydrogens is 244 g/mol. The first kappa shape index (κ1) is 12.1. The number of methoxy groups -OCH3 is 1. The Labute approximate surface area is 110 Å². The molecule has 0 spiro atoms. The van der Waals surface area contributed by atoms with Crippen molar-refractivity contribution in [3.63, 3.8) is 0 Å². The highest BCUT2D eigenvalue weighted by atomic mass is 16.5. The van der Waals surface area contributed by atoms with Crippen LogP contribution in [0.3, 0.4) is 0 Å². The highest BCUT2D eigenvalue weighted by Crippen LogP contribution is 2.19. The second-order valence-corrected chi connectivity index (χ2v) is 4.70. The van der Waals surface area contributed by atoms with Gasteiger partial charge in [0.15, 0.2) is 0 Å². The Morgan fingerprint density at radius 3 is 2.79 bits per heavy atom. The molecule has 1 aromatic carbocycles. The Morgan fingerprint density at radius 1 is 1.32 bits per heavy atom. The largest absolute Gasteiger partial charge is 0.465 e. The molecule has 100 valence electrons. The molecule has 0 radical (unpaired) electrons. The minimum Gasteiger partial charge on any atom is -0.465 e. The van der Waals surface area contributed by atoms with E-state index < -0.39 is 0 Å². The number of carbonyl (C=O) groups is 1. The number of fused-ring (bicyclic) bond motifs is 1. The lowest BCUT2D eigenvalue weighted by Crippen LogP contribution is -2.30. The highest BCUT2D eigenvalue weighted by molar-refractivity contribution is 5.93. The third-order valence-electron chi connectivity index (χ3n) is 3.45. The normalized spacial score (nSPS) is 16.7. The quantitative estimate of drug-likeness (QED) is 0.820. The van der Waals surface area contributed by atoms with E-state index in [1.807, 2.05) is 6.07 Å². The molecule has 1 N–H and O–H groups in total. The predicted molar refractivity (Wildman–Crippen MR) is 70.0 cm³/mol. The lowest BCUT2D eigenvalue weighted by atomic mass is 10.1. The number of benzene rings is 1. The molecule has 19 heavy (non-hydrogen) atoms. The van der Waals surface area contributed by atoms with Crippen LogP contribution in [-0.4, -0.2) is 41.2 Å². The van der Waals surface area contributed by atoms with Gasteiger partial charge in [-0.3, -0.25) is 0 Å². The molecule has 0 amide bonds. The summed E-state index contributed by atoms with van der Waals surface area (Å²) in [5.41, 5.74) is 2.06. The fraction of sp³-hybridized carbons (Fsp3) is 0.462. The van der Waals surface area contributed by atoms with Crippen LogP contribution in [0.15, 0.2) is 18.2 Å². The van der Waals surface area contributed by atoms with Crippen LogP contribution in [0.4, 0.5) is 0 Å². The van der Waals surface area contributed by atoms with Gasteiger partial charge in [-0.15, -0.1) is 0 Å². The summed E-state index contributed by atoms with van der Waals surface area (Å²) in [6, 6.07) is 5.60. The first-order chi connectivity index (χ1) is 9.28. The van der Waals surface area contributed by atoms with E-state index >= 15 is 0 Å². The third kappa shape index (κ3) is 2.31. The number of carbonyl (C=O) groups excluding carboxylic acids is 1. The van der Waals surface area contributed by atoms with Crippen molar-refractivity contribution in [2.75, 3.05) is 20.2 Å².